The van der Waals surface area contributed by atoms with Crippen molar-refractivity contribution in [3.05, 3.63) is 191 Å². The molecule has 68 heavy (non-hydrogen) atoms. The summed E-state index contributed by atoms with van der Waals surface area (Å²) in [6.07, 6.45) is 0.508. The molecule has 3 aliphatic heterocycles. The van der Waals surface area contributed by atoms with Crippen molar-refractivity contribution in [2.24, 2.45) is 5.92 Å². The van der Waals surface area contributed by atoms with Crippen LogP contribution in [0.3, 0.4) is 0 Å². The highest BCUT2D eigenvalue weighted by atomic mass is 32.2. The Morgan fingerprint density at radius 1 is 0.779 bits per heavy atom. The van der Waals surface area contributed by atoms with Crippen LogP contribution in [0.15, 0.2) is 163 Å². The van der Waals surface area contributed by atoms with Crippen molar-refractivity contribution in [3.8, 4) is 11.1 Å². The van der Waals surface area contributed by atoms with Gasteiger partial charge >= 0.3 is 0 Å². The minimum absolute atomic E-state index is 0.00204. The topological polar surface area (TPSA) is 150 Å². The van der Waals surface area contributed by atoms with Crippen molar-refractivity contribution < 1.29 is 32.6 Å². The van der Waals surface area contributed by atoms with E-state index in [9.17, 15) is 23.1 Å². The molecule has 0 radical (unpaired) electrons. The lowest BCUT2D eigenvalue weighted by molar-refractivity contribution is -0.276. The van der Waals surface area contributed by atoms with E-state index in [2.05, 4.69) is 44.2 Å². The van der Waals surface area contributed by atoms with Crippen LogP contribution in [0.2, 0.25) is 0 Å². The summed E-state index contributed by atoms with van der Waals surface area (Å²) in [7, 11) is -3.98. The molecule has 12 nitrogen and oxygen atoms in total. The minimum atomic E-state index is -3.98. The normalized spacial score (nSPS) is 21.0. The summed E-state index contributed by atoms with van der Waals surface area (Å²) in [6.45, 7) is 6.91. The van der Waals surface area contributed by atoms with Crippen LogP contribution in [0.1, 0.15) is 65.5 Å². The average molecular weight is 934 g/mol. The number of para-hydroxylation sites is 1. The van der Waals surface area contributed by atoms with E-state index < -0.39 is 33.8 Å². The number of aliphatic hydroxyl groups excluding tert-OH is 1. The molecule has 352 valence electrons. The van der Waals surface area contributed by atoms with E-state index in [0.717, 1.165) is 63.3 Å². The van der Waals surface area contributed by atoms with E-state index in [1.807, 2.05) is 128 Å². The van der Waals surface area contributed by atoms with Crippen LogP contribution in [0.25, 0.3) is 11.1 Å². The number of ether oxygens (including phenoxy) is 2. The number of carbonyl (C=O) groups excluding carboxylic acids is 2. The van der Waals surface area contributed by atoms with E-state index in [1.54, 1.807) is 24.3 Å². The molecule has 1 spiro atoms. The Morgan fingerprint density at radius 2 is 1.44 bits per heavy atom. The molecule has 0 saturated carbocycles. The number of amides is 2. The molecule has 0 unspecified atom stereocenters. The third kappa shape index (κ3) is 10.4. The molecule has 5 atom stereocenters. The zero-order valence-corrected chi connectivity index (χ0v) is 39.3. The lowest BCUT2D eigenvalue weighted by atomic mass is 9.84. The van der Waals surface area contributed by atoms with Crippen LogP contribution in [0.4, 0.5) is 5.69 Å². The first-order valence-electron chi connectivity index (χ1n) is 23.4. The molecule has 3 fully saturated rings. The summed E-state index contributed by atoms with van der Waals surface area (Å²) < 4.78 is 43.2. The number of piperidine rings is 1. The van der Waals surface area contributed by atoms with Gasteiger partial charge < -0.3 is 35.0 Å². The van der Waals surface area contributed by atoms with Crippen LogP contribution in [-0.4, -0.2) is 74.2 Å². The molecule has 3 heterocycles. The van der Waals surface area contributed by atoms with Gasteiger partial charge in [0.2, 0.25) is 21.8 Å². The van der Waals surface area contributed by atoms with Crippen molar-refractivity contribution in [3.63, 3.8) is 0 Å². The third-order valence-corrected chi connectivity index (χ3v) is 15.3. The highest BCUT2D eigenvalue weighted by Crippen LogP contribution is 2.43. The fourth-order valence-electron chi connectivity index (χ4n) is 9.74. The van der Waals surface area contributed by atoms with Gasteiger partial charge in [-0.15, -0.1) is 0 Å². The van der Waals surface area contributed by atoms with Gasteiger partial charge in [0.25, 0.3) is 0 Å². The Bertz CT molecular complexity index is 2770. The lowest BCUT2D eigenvalue weighted by Crippen LogP contribution is -2.57. The first-order valence-corrected chi connectivity index (χ1v) is 24.9. The summed E-state index contributed by atoms with van der Waals surface area (Å²) >= 11 is 0. The van der Waals surface area contributed by atoms with Crippen molar-refractivity contribution in [1.29, 1.82) is 0 Å². The highest BCUT2D eigenvalue weighted by Gasteiger charge is 2.51. The smallest absolute Gasteiger partial charge is 0.247 e. The van der Waals surface area contributed by atoms with E-state index in [4.69, 9.17) is 9.47 Å². The number of sulfonamides is 1. The van der Waals surface area contributed by atoms with Crippen molar-refractivity contribution in [2.75, 3.05) is 31.2 Å². The zero-order valence-electron chi connectivity index (χ0n) is 38.5. The van der Waals surface area contributed by atoms with Gasteiger partial charge in [0, 0.05) is 43.3 Å². The van der Waals surface area contributed by atoms with Crippen LogP contribution in [-0.2, 0) is 48.7 Å². The molecule has 6 aromatic rings. The molecular weight excluding hydrogens is 875 g/mol. The number of nitrogens with one attached hydrogen (secondary N) is 3. The zero-order chi connectivity index (χ0) is 47.3. The van der Waals surface area contributed by atoms with Crippen molar-refractivity contribution in [2.45, 2.75) is 81.2 Å². The van der Waals surface area contributed by atoms with Gasteiger partial charge in [0.05, 0.1) is 30.4 Å². The van der Waals surface area contributed by atoms with Gasteiger partial charge in [-0.2, -0.15) is 4.72 Å². The fourth-order valence-corrected chi connectivity index (χ4v) is 10.9. The molecule has 3 saturated heterocycles. The number of benzene rings is 6. The molecule has 13 heteroatoms. The van der Waals surface area contributed by atoms with Crippen LogP contribution in [0.5, 0.6) is 0 Å². The summed E-state index contributed by atoms with van der Waals surface area (Å²) in [5, 5.41) is 15.9. The average Bonchev–Trinajstić information content (AvgIpc) is 3.68. The van der Waals surface area contributed by atoms with Crippen molar-refractivity contribution in [1.82, 2.24) is 20.3 Å². The van der Waals surface area contributed by atoms with Gasteiger partial charge in [0.15, 0.2) is 6.29 Å². The van der Waals surface area contributed by atoms with Crippen LogP contribution in [0, 0.1) is 12.8 Å². The highest BCUT2D eigenvalue weighted by molar-refractivity contribution is 7.89. The second kappa shape index (κ2) is 20.6. The van der Waals surface area contributed by atoms with E-state index in [1.165, 1.54) is 0 Å². The summed E-state index contributed by atoms with van der Waals surface area (Å²) in [5.74, 6) is -0.334. The van der Waals surface area contributed by atoms with E-state index >= 15 is 0 Å². The predicted molar refractivity (Wildman–Crippen MR) is 262 cm³/mol. The first kappa shape index (κ1) is 46.9. The maximum atomic E-state index is 13.8. The maximum absolute atomic E-state index is 13.8. The molecule has 4 N–H and O–H groups in total. The fraction of sp³-hybridized carbons (Fsp3) is 0.309. The Balaban J connectivity index is 0.882. The van der Waals surface area contributed by atoms with Crippen molar-refractivity contribution >= 4 is 27.5 Å². The quantitative estimate of drug-likeness (QED) is 0.0818. The molecule has 0 aliphatic carbocycles. The Kier molecular flexibility index (Phi) is 14.2. The SMILES string of the molecule is Cc1ccc(S(=O)(=O)N[C@H](Cc2ccccc2)C(=O)NCc2cccc(-c3ccc([C@@H]4O[C@H](CN5CCC6(CC5)C(=O)NCN6c5ccccc5)[C@H](C)[C@H](c5ccc(CO)cc5)O4)cc3)c2)cc1. The number of hydrogen-bond acceptors (Lipinski definition) is 9. The summed E-state index contributed by atoms with van der Waals surface area (Å²) in [4.78, 5) is 31.9. The standard InChI is InChI=1S/C55H59N5O7S/c1-38-16-26-48(27-17-38)68(64,65)58-49(33-40-10-5-3-6-11-40)52(62)56-34-42-12-9-13-46(32-42)43-22-24-45(25-23-43)53-66-50(39(2)51(67-53)44-20-18-41(36-61)19-21-44)35-59-30-28-55(29-31-59)54(63)57-37-60(55)47-14-7-4-8-15-47/h3-27,32,39,49-51,53,58,61H,28-31,33-37H2,1-2H3,(H,56,62)(H,57,63)/t39-,49+,50+,51+,53+/m0/s1. The molecular formula is C55H59N5O7S. The minimum Gasteiger partial charge on any atom is -0.392 e. The largest absolute Gasteiger partial charge is 0.392 e. The number of nitrogens with zero attached hydrogens (tertiary/aromatic N) is 2. The Hall–Kier alpha value is -6.19. The second-order valence-electron chi connectivity index (χ2n) is 18.3. The first-order chi connectivity index (χ1) is 33.0. The number of rotatable bonds is 15. The second-order valence-corrected chi connectivity index (χ2v) is 20.0. The van der Waals surface area contributed by atoms with E-state index in [-0.39, 0.29) is 48.5 Å². The summed E-state index contributed by atoms with van der Waals surface area (Å²) in [5.41, 5.74) is 7.74. The van der Waals surface area contributed by atoms with Gasteiger partial charge in [-0.05, 0) is 89.9 Å². The van der Waals surface area contributed by atoms with Gasteiger partial charge in [-0.1, -0.05) is 140 Å². The number of anilines is 1. The van der Waals surface area contributed by atoms with Gasteiger partial charge in [0.1, 0.15) is 11.6 Å². The number of likely N-dealkylation sites (tertiary alicyclic amines) is 1. The predicted octanol–water partition coefficient (Wildman–Crippen LogP) is 7.58. The Morgan fingerprint density at radius 3 is 2.13 bits per heavy atom. The summed E-state index contributed by atoms with van der Waals surface area (Å²) in [6, 6.07) is 49.0. The van der Waals surface area contributed by atoms with Gasteiger partial charge in [-0.25, -0.2) is 8.42 Å². The molecule has 3 aliphatic rings. The van der Waals surface area contributed by atoms with Crippen LogP contribution < -0.4 is 20.3 Å². The molecule has 2 amide bonds. The number of aliphatic hydroxyl groups is 1. The third-order valence-electron chi connectivity index (χ3n) is 13.8. The van der Waals surface area contributed by atoms with E-state index in [0.29, 0.717) is 26.1 Å². The molecule has 6 aromatic carbocycles. The molecule has 9 rings (SSSR count). The molecule has 0 aromatic heterocycles. The number of carbonyl (C=O) groups is 2. The Labute approximate surface area is 399 Å². The monoisotopic (exact) mass is 933 g/mol. The lowest BCUT2D eigenvalue weighted by Gasteiger charge is -2.46. The van der Waals surface area contributed by atoms with Crippen LogP contribution >= 0.6 is 0 Å². The van der Waals surface area contributed by atoms with Gasteiger partial charge in [-0.3, -0.25) is 9.59 Å². The molecule has 0 bridgehead atoms. The maximum Gasteiger partial charge on any atom is 0.247 e. The number of hydrogen-bond donors (Lipinski definition) is 4. The number of aryl methyl sites for hydroxylation is 1.